The predicted octanol–water partition coefficient (Wildman–Crippen LogP) is 1.66. The van der Waals surface area contributed by atoms with Crippen molar-refractivity contribution in [2.45, 2.75) is 26.3 Å². The summed E-state index contributed by atoms with van der Waals surface area (Å²) in [4.78, 5) is 42.4. The smallest absolute Gasteiger partial charge is 0.254 e. The number of aromatic nitrogens is 4. The molecule has 1 aliphatic heterocycles. The van der Waals surface area contributed by atoms with Gasteiger partial charge in [0.1, 0.15) is 5.69 Å². The molecule has 0 saturated carbocycles. The summed E-state index contributed by atoms with van der Waals surface area (Å²) >= 11 is 0. The van der Waals surface area contributed by atoms with E-state index in [1.54, 1.807) is 23.5 Å². The minimum absolute atomic E-state index is 0.0365. The Hall–Kier alpha value is -3.35. The third-order valence-corrected chi connectivity index (χ3v) is 4.67. The van der Waals surface area contributed by atoms with Gasteiger partial charge < -0.3 is 9.88 Å². The predicted molar refractivity (Wildman–Crippen MR) is 99.9 cm³/mol. The topological polar surface area (TPSA) is 91.8 Å². The largest absolute Gasteiger partial charge is 0.336 e. The zero-order valence-corrected chi connectivity index (χ0v) is 15.0. The number of fused-ring (bicyclic) bond motifs is 1. The van der Waals surface area contributed by atoms with Gasteiger partial charge in [0.05, 0.1) is 24.9 Å². The summed E-state index contributed by atoms with van der Waals surface area (Å²) in [6.45, 7) is 2.86. The first-order valence-corrected chi connectivity index (χ1v) is 8.82. The van der Waals surface area contributed by atoms with Crippen LogP contribution in [-0.4, -0.2) is 37.3 Å². The summed E-state index contributed by atoms with van der Waals surface area (Å²) in [7, 11) is 0. The fourth-order valence-electron chi connectivity index (χ4n) is 3.30. The first kappa shape index (κ1) is 17.1. The second kappa shape index (κ2) is 7.11. The van der Waals surface area contributed by atoms with Crippen molar-refractivity contribution in [2.24, 2.45) is 0 Å². The standard InChI is InChI=1S/C20H19N5O2/c1-13-3-2-4-14(9-13)10-18(26)25-8-5-15-17(12-25)23-19(24-20(15)27)16-11-21-6-7-22-16/h2-4,6-7,9,11H,5,8,10,12H2,1H3,(H,23,24,27). The van der Waals surface area contributed by atoms with Crippen LogP contribution in [-0.2, 0) is 24.2 Å². The van der Waals surface area contributed by atoms with E-state index in [1.807, 2.05) is 31.2 Å². The van der Waals surface area contributed by atoms with Crippen LogP contribution in [0.25, 0.3) is 11.5 Å². The highest BCUT2D eigenvalue weighted by atomic mass is 16.2. The number of hydrogen-bond acceptors (Lipinski definition) is 5. The summed E-state index contributed by atoms with van der Waals surface area (Å²) in [5.74, 6) is 0.411. The van der Waals surface area contributed by atoms with Crippen LogP contribution in [0.5, 0.6) is 0 Å². The average Bonchev–Trinajstić information content (AvgIpc) is 2.68. The Kier molecular flexibility index (Phi) is 4.50. The monoisotopic (exact) mass is 361 g/mol. The van der Waals surface area contributed by atoms with Gasteiger partial charge >= 0.3 is 0 Å². The van der Waals surface area contributed by atoms with E-state index in [0.717, 1.165) is 11.1 Å². The van der Waals surface area contributed by atoms with E-state index in [4.69, 9.17) is 0 Å². The summed E-state index contributed by atoms with van der Waals surface area (Å²) in [5.41, 5.74) is 3.72. The van der Waals surface area contributed by atoms with Gasteiger partial charge in [0.2, 0.25) is 5.91 Å². The van der Waals surface area contributed by atoms with E-state index in [1.165, 1.54) is 0 Å². The maximum absolute atomic E-state index is 12.7. The summed E-state index contributed by atoms with van der Waals surface area (Å²) in [6, 6.07) is 7.94. The first-order valence-electron chi connectivity index (χ1n) is 8.82. The third-order valence-electron chi connectivity index (χ3n) is 4.67. The molecule has 7 nitrogen and oxygen atoms in total. The van der Waals surface area contributed by atoms with E-state index in [2.05, 4.69) is 19.9 Å². The number of carbonyl (C=O) groups is 1. The molecule has 4 rings (SSSR count). The van der Waals surface area contributed by atoms with Gasteiger partial charge in [-0.25, -0.2) is 9.97 Å². The molecule has 2 aromatic heterocycles. The number of aromatic amines is 1. The number of nitrogens with zero attached hydrogens (tertiary/aromatic N) is 4. The van der Waals surface area contributed by atoms with Crippen LogP contribution in [0.1, 0.15) is 22.4 Å². The van der Waals surface area contributed by atoms with Gasteiger partial charge in [-0.2, -0.15) is 0 Å². The van der Waals surface area contributed by atoms with Crippen LogP contribution in [0.3, 0.4) is 0 Å². The van der Waals surface area contributed by atoms with Crippen LogP contribution in [0.4, 0.5) is 0 Å². The summed E-state index contributed by atoms with van der Waals surface area (Å²) < 4.78 is 0. The van der Waals surface area contributed by atoms with Crippen molar-refractivity contribution < 1.29 is 4.79 Å². The van der Waals surface area contributed by atoms with Gasteiger partial charge in [-0.3, -0.25) is 14.6 Å². The lowest BCUT2D eigenvalue weighted by atomic mass is 10.0. The molecule has 0 aliphatic carbocycles. The lowest BCUT2D eigenvalue weighted by molar-refractivity contribution is -0.131. The number of amides is 1. The maximum atomic E-state index is 12.7. The van der Waals surface area contributed by atoms with Gasteiger partial charge in [0.25, 0.3) is 5.56 Å². The van der Waals surface area contributed by atoms with E-state index in [9.17, 15) is 9.59 Å². The van der Waals surface area contributed by atoms with Crippen LogP contribution in [0.2, 0.25) is 0 Å². The van der Waals surface area contributed by atoms with Crippen LogP contribution >= 0.6 is 0 Å². The van der Waals surface area contributed by atoms with E-state index < -0.39 is 0 Å². The highest BCUT2D eigenvalue weighted by Gasteiger charge is 2.24. The molecular weight excluding hydrogens is 342 g/mol. The van der Waals surface area contributed by atoms with Crippen LogP contribution in [0, 0.1) is 6.92 Å². The highest BCUT2D eigenvalue weighted by molar-refractivity contribution is 5.79. The molecule has 0 saturated heterocycles. The molecule has 0 spiro atoms. The zero-order chi connectivity index (χ0) is 18.8. The Morgan fingerprint density at radius 2 is 2.19 bits per heavy atom. The van der Waals surface area contributed by atoms with Crippen molar-refractivity contribution >= 4 is 5.91 Å². The lowest BCUT2D eigenvalue weighted by Gasteiger charge is -2.28. The molecule has 0 atom stereocenters. The molecule has 3 aromatic rings. The Bertz CT molecular complexity index is 1050. The SMILES string of the molecule is Cc1cccc(CC(=O)N2CCc3c(nc(-c4cnccn4)[nH]c3=O)C2)c1. The summed E-state index contributed by atoms with van der Waals surface area (Å²) in [5, 5.41) is 0. The molecule has 1 aliphatic rings. The molecule has 1 N–H and O–H groups in total. The molecular formula is C20H19N5O2. The second-order valence-electron chi connectivity index (χ2n) is 6.66. The highest BCUT2D eigenvalue weighted by Crippen LogP contribution is 2.18. The average molecular weight is 361 g/mol. The minimum Gasteiger partial charge on any atom is -0.336 e. The molecule has 3 heterocycles. The number of nitrogens with one attached hydrogen (secondary N) is 1. The Morgan fingerprint density at radius 3 is 2.96 bits per heavy atom. The van der Waals surface area contributed by atoms with Crippen LogP contribution in [0.15, 0.2) is 47.7 Å². The van der Waals surface area contributed by atoms with Crippen molar-refractivity contribution in [3.05, 3.63) is 75.6 Å². The van der Waals surface area contributed by atoms with Crippen molar-refractivity contribution in [2.75, 3.05) is 6.54 Å². The van der Waals surface area contributed by atoms with Gasteiger partial charge in [-0.1, -0.05) is 29.8 Å². The first-order chi connectivity index (χ1) is 13.1. The fraction of sp³-hybridized carbons (Fsp3) is 0.250. The Labute approximate surface area is 156 Å². The Balaban J connectivity index is 1.57. The molecule has 0 fully saturated rings. The van der Waals surface area contributed by atoms with Gasteiger partial charge in [0.15, 0.2) is 5.82 Å². The number of aryl methyl sites for hydroxylation is 1. The second-order valence-corrected chi connectivity index (χ2v) is 6.66. The van der Waals surface area contributed by atoms with E-state index in [0.29, 0.717) is 48.7 Å². The number of benzene rings is 1. The molecule has 0 radical (unpaired) electrons. The van der Waals surface area contributed by atoms with Gasteiger partial charge in [-0.15, -0.1) is 0 Å². The van der Waals surface area contributed by atoms with E-state index in [-0.39, 0.29) is 11.5 Å². The maximum Gasteiger partial charge on any atom is 0.254 e. The molecule has 0 unspecified atom stereocenters. The molecule has 27 heavy (non-hydrogen) atoms. The number of rotatable bonds is 3. The quantitative estimate of drug-likeness (QED) is 0.766. The molecule has 0 bridgehead atoms. The number of H-pyrrole nitrogens is 1. The molecule has 1 amide bonds. The third kappa shape index (κ3) is 3.62. The summed E-state index contributed by atoms with van der Waals surface area (Å²) in [6.07, 6.45) is 5.50. The Morgan fingerprint density at radius 1 is 1.30 bits per heavy atom. The fourth-order valence-corrected chi connectivity index (χ4v) is 3.30. The van der Waals surface area contributed by atoms with Crippen molar-refractivity contribution in [3.8, 4) is 11.5 Å². The van der Waals surface area contributed by atoms with Crippen LogP contribution < -0.4 is 5.56 Å². The minimum atomic E-state index is -0.175. The molecule has 136 valence electrons. The van der Waals surface area contributed by atoms with Crippen molar-refractivity contribution in [3.63, 3.8) is 0 Å². The van der Waals surface area contributed by atoms with E-state index >= 15 is 0 Å². The number of hydrogen-bond donors (Lipinski definition) is 1. The lowest BCUT2D eigenvalue weighted by Crippen LogP contribution is -2.40. The number of carbonyl (C=O) groups excluding carboxylic acids is 1. The van der Waals surface area contributed by atoms with Gasteiger partial charge in [0, 0.05) is 24.5 Å². The normalized spacial score (nSPS) is 13.3. The molecule has 1 aromatic carbocycles. The van der Waals surface area contributed by atoms with Crippen molar-refractivity contribution in [1.29, 1.82) is 0 Å². The molecule has 7 heteroatoms. The van der Waals surface area contributed by atoms with Crippen molar-refractivity contribution in [1.82, 2.24) is 24.8 Å². The van der Waals surface area contributed by atoms with Gasteiger partial charge in [-0.05, 0) is 18.9 Å². The zero-order valence-electron chi connectivity index (χ0n) is 15.0.